The summed E-state index contributed by atoms with van der Waals surface area (Å²) in [5.74, 6) is 0.451. The summed E-state index contributed by atoms with van der Waals surface area (Å²) in [6.07, 6.45) is 0. The molecule has 0 radical (unpaired) electrons. The number of carbonyl (C=O) groups is 1. The third-order valence-corrected chi connectivity index (χ3v) is 4.77. The summed E-state index contributed by atoms with van der Waals surface area (Å²) in [6, 6.07) is 12.6. The number of nitrogens with two attached hydrogens (primary N) is 1. The molecule has 5 nitrogen and oxygen atoms in total. The van der Waals surface area contributed by atoms with Crippen LogP contribution in [0.25, 0.3) is 0 Å². The van der Waals surface area contributed by atoms with Crippen molar-refractivity contribution in [3.05, 3.63) is 52.5 Å². The van der Waals surface area contributed by atoms with Gasteiger partial charge in [0, 0.05) is 26.2 Å². The van der Waals surface area contributed by atoms with E-state index in [0.29, 0.717) is 47.7 Å². The number of benzene rings is 2. The van der Waals surface area contributed by atoms with Gasteiger partial charge < -0.3 is 20.3 Å². The molecule has 0 aliphatic carbocycles. The zero-order valence-corrected chi connectivity index (χ0v) is 15.1. The Labute approximate surface area is 156 Å². The fourth-order valence-electron chi connectivity index (χ4n) is 2.84. The van der Waals surface area contributed by atoms with Gasteiger partial charge in [0.25, 0.3) is 5.91 Å². The smallest absolute Gasteiger partial charge is 0.260 e. The zero-order chi connectivity index (χ0) is 17.8. The number of carbonyl (C=O) groups excluding carboxylic acids is 1. The summed E-state index contributed by atoms with van der Waals surface area (Å²) in [6.45, 7) is 2.50. The number of piperazine rings is 1. The Morgan fingerprint density at radius 1 is 1.00 bits per heavy atom. The number of nitrogen functional groups attached to an aromatic ring is 1. The Kier molecular flexibility index (Phi) is 5.56. The first kappa shape index (κ1) is 17.7. The average Bonchev–Trinajstić information content (AvgIpc) is 2.61. The lowest BCUT2D eigenvalue weighted by Crippen LogP contribution is -2.50. The number of hydrogen-bond donors (Lipinski definition) is 1. The fourth-order valence-corrected chi connectivity index (χ4v) is 3.33. The second-order valence-corrected chi connectivity index (χ2v) is 6.58. The van der Waals surface area contributed by atoms with Crippen molar-refractivity contribution in [3.8, 4) is 5.75 Å². The maximum atomic E-state index is 12.3. The van der Waals surface area contributed by atoms with Crippen LogP contribution in [0.4, 0.5) is 11.4 Å². The molecule has 1 amide bonds. The van der Waals surface area contributed by atoms with Crippen LogP contribution in [0.1, 0.15) is 0 Å². The SMILES string of the molecule is Nc1cccc(Cl)c1N1CCN(C(=O)COc2ccccc2Cl)CC1. The maximum absolute atomic E-state index is 12.3. The number of halogens is 2. The molecule has 0 aromatic heterocycles. The van der Waals surface area contributed by atoms with Gasteiger partial charge in [-0.2, -0.15) is 0 Å². The quantitative estimate of drug-likeness (QED) is 0.827. The highest BCUT2D eigenvalue weighted by Crippen LogP contribution is 2.32. The lowest BCUT2D eigenvalue weighted by atomic mass is 10.2. The van der Waals surface area contributed by atoms with Gasteiger partial charge in [-0.1, -0.05) is 41.4 Å². The number of hydrogen-bond acceptors (Lipinski definition) is 4. The molecule has 0 spiro atoms. The summed E-state index contributed by atoms with van der Waals surface area (Å²) in [5, 5.41) is 1.12. The van der Waals surface area contributed by atoms with Crippen LogP contribution in [-0.2, 0) is 4.79 Å². The largest absolute Gasteiger partial charge is 0.482 e. The van der Waals surface area contributed by atoms with Crippen molar-refractivity contribution in [2.75, 3.05) is 43.4 Å². The molecule has 1 heterocycles. The Morgan fingerprint density at radius 3 is 2.36 bits per heavy atom. The second kappa shape index (κ2) is 7.85. The van der Waals surface area contributed by atoms with Gasteiger partial charge in [-0.05, 0) is 24.3 Å². The molecule has 1 saturated heterocycles. The van der Waals surface area contributed by atoms with Crippen molar-refractivity contribution >= 4 is 40.5 Å². The predicted molar refractivity (Wildman–Crippen MR) is 102 cm³/mol. The highest BCUT2D eigenvalue weighted by Gasteiger charge is 2.24. The number of rotatable bonds is 4. The molecule has 1 aliphatic rings. The molecule has 1 aliphatic heterocycles. The van der Waals surface area contributed by atoms with Gasteiger partial charge in [0.2, 0.25) is 0 Å². The number of nitrogens with zero attached hydrogens (tertiary/aromatic N) is 2. The zero-order valence-electron chi connectivity index (χ0n) is 13.6. The third kappa shape index (κ3) is 4.11. The highest BCUT2D eigenvalue weighted by atomic mass is 35.5. The lowest BCUT2D eigenvalue weighted by Gasteiger charge is -2.37. The van der Waals surface area contributed by atoms with Gasteiger partial charge in [-0.3, -0.25) is 4.79 Å². The molecule has 7 heteroatoms. The van der Waals surface area contributed by atoms with E-state index in [-0.39, 0.29) is 12.5 Å². The van der Waals surface area contributed by atoms with Crippen molar-refractivity contribution in [1.82, 2.24) is 4.90 Å². The molecule has 0 saturated carbocycles. The molecular weight excluding hydrogens is 361 g/mol. The minimum absolute atomic E-state index is 0.0298. The maximum Gasteiger partial charge on any atom is 0.260 e. The van der Waals surface area contributed by atoms with E-state index in [1.165, 1.54) is 0 Å². The predicted octanol–water partition coefficient (Wildman–Crippen LogP) is 3.30. The Balaban J connectivity index is 1.55. The van der Waals surface area contributed by atoms with Gasteiger partial charge in [-0.15, -0.1) is 0 Å². The Morgan fingerprint density at radius 2 is 1.68 bits per heavy atom. The second-order valence-electron chi connectivity index (χ2n) is 5.76. The molecule has 0 atom stereocenters. The normalized spacial score (nSPS) is 14.5. The van der Waals surface area contributed by atoms with Crippen molar-refractivity contribution in [3.63, 3.8) is 0 Å². The number of para-hydroxylation sites is 2. The molecule has 25 heavy (non-hydrogen) atoms. The van der Waals surface area contributed by atoms with Crippen LogP contribution >= 0.6 is 23.2 Å². The van der Waals surface area contributed by atoms with Crippen LogP contribution in [0, 0.1) is 0 Å². The first-order valence-corrected chi connectivity index (χ1v) is 8.76. The van der Waals surface area contributed by atoms with Crippen molar-refractivity contribution in [2.24, 2.45) is 0 Å². The van der Waals surface area contributed by atoms with Crippen molar-refractivity contribution in [2.45, 2.75) is 0 Å². The van der Waals surface area contributed by atoms with E-state index in [9.17, 15) is 4.79 Å². The van der Waals surface area contributed by atoms with E-state index < -0.39 is 0 Å². The number of ether oxygens (including phenoxy) is 1. The van der Waals surface area contributed by atoms with E-state index in [1.54, 1.807) is 17.0 Å². The minimum Gasteiger partial charge on any atom is -0.482 e. The minimum atomic E-state index is -0.0632. The van der Waals surface area contributed by atoms with E-state index in [4.69, 9.17) is 33.7 Å². The van der Waals surface area contributed by atoms with Gasteiger partial charge in [-0.25, -0.2) is 0 Å². The topological polar surface area (TPSA) is 58.8 Å². The molecule has 0 bridgehead atoms. The molecule has 2 aromatic rings. The Bertz CT molecular complexity index is 741. The van der Waals surface area contributed by atoms with Crippen LogP contribution in [0.2, 0.25) is 10.0 Å². The van der Waals surface area contributed by atoms with E-state index in [2.05, 4.69) is 4.90 Å². The summed E-state index contributed by atoms with van der Waals surface area (Å²) in [7, 11) is 0. The van der Waals surface area contributed by atoms with E-state index in [1.807, 2.05) is 30.3 Å². The molecule has 132 valence electrons. The van der Waals surface area contributed by atoms with Crippen LogP contribution < -0.4 is 15.4 Å². The highest BCUT2D eigenvalue weighted by molar-refractivity contribution is 6.34. The summed E-state index contributed by atoms with van der Waals surface area (Å²) < 4.78 is 5.52. The van der Waals surface area contributed by atoms with Gasteiger partial charge in [0.15, 0.2) is 6.61 Å². The molecule has 2 N–H and O–H groups in total. The van der Waals surface area contributed by atoms with Crippen molar-refractivity contribution < 1.29 is 9.53 Å². The van der Waals surface area contributed by atoms with Crippen LogP contribution in [0.15, 0.2) is 42.5 Å². The molecule has 2 aromatic carbocycles. The van der Waals surface area contributed by atoms with Gasteiger partial charge >= 0.3 is 0 Å². The summed E-state index contributed by atoms with van der Waals surface area (Å²) in [4.78, 5) is 16.2. The van der Waals surface area contributed by atoms with Gasteiger partial charge in [0.1, 0.15) is 5.75 Å². The standard InChI is InChI=1S/C18H19Cl2N3O2/c19-13-4-1-2-7-16(13)25-12-17(24)22-8-10-23(11-9-22)18-14(20)5-3-6-15(18)21/h1-7H,8-12,21H2. The molecule has 3 rings (SSSR count). The number of anilines is 2. The lowest BCUT2D eigenvalue weighted by molar-refractivity contribution is -0.133. The Hall–Kier alpha value is -2.11. The first-order chi connectivity index (χ1) is 12.1. The van der Waals surface area contributed by atoms with Crippen LogP contribution in [-0.4, -0.2) is 43.6 Å². The third-order valence-electron chi connectivity index (χ3n) is 4.15. The summed E-state index contributed by atoms with van der Waals surface area (Å²) >= 11 is 12.3. The average molecular weight is 380 g/mol. The van der Waals surface area contributed by atoms with Crippen molar-refractivity contribution in [1.29, 1.82) is 0 Å². The molecule has 1 fully saturated rings. The monoisotopic (exact) mass is 379 g/mol. The number of amides is 1. The van der Waals surface area contributed by atoms with Crippen LogP contribution in [0.3, 0.4) is 0 Å². The van der Waals surface area contributed by atoms with Gasteiger partial charge in [0.05, 0.1) is 21.4 Å². The van der Waals surface area contributed by atoms with E-state index >= 15 is 0 Å². The summed E-state index contributed by atoms with van der Waals surface area (Å²) in [5.41, 5.74) is 7.52. The molecule has 0 unspecified atom stereocenters. The van der Waals surface area contributed by atoms with E-state index in [0.717, 1.165) is 5.69 Å². The fraction of sp³-hybridized carbons (Fsp3) is 0.278. The first-order valence-electron chi connectivity index (χ1n) is 8.00. The molecular formula is C18H19Cl2N3O2. The van der Waals surface area contributed by atoms with Crippen LogP contribution in [0.5, 0.6) is 5.75 Å².